The highest BCUT2D eigenvalue weighted by atomic mass is 19.4. The second kappa shape index (κ2) is 7.12. The van der Waals surface area contributed by atoms with E-state index in [1.165, 1.54) is 6.07 Å². The Hall–Kier alpha value is -2.58. The molecule has 134 valence electrons. The van der Waals surface area contributed by atoms with Crippen LogP contribution in [0.1, 0.15) is 18.4 Å². The van der Waals surface area contributed by atoms with Gasteiger partial charge in [-0.15, -0.1) is 0 Å². The molecule has 0 saturated carbocycles. The molecule has 0 aliphatic carbocycles. The van der Waals surface area contributed by atoms with Gasteiger partial charge in [-0.3, -0.25) is 9.48 Å². The van der Waals surface area contributed by atoms with Crippen molar-refractivity contribution in [3.8, 4) is 5.88 Å². The van der Waals surface area contributed by atoms with Crippen LogP contribution < -0.4 is 4.74 Å². The standard InChI is InChI=1S/C16H17F3N4O2/c17-16(18,19)12-2-3-14(20-10-12)25-13-4-8-22(9-5-13)15(24)11-23-7-1-6-21-23/h1-3,6-7,10,13H,4-5,8-9,11H2. The summed E-state index contributed by atoms with van der Waals surface area (Å²) < 4.78 is 44.7. The highest BCUT2D eigenvalue weighted by Gasteiger charge is 2.31. The van der Waals surface area contributed by atoms with E-state index in [1.807, 2.05) is 0 Å². The molecule has 1 aliphatic heterocycles. The predicted molar refractivity (Wildman–Crippen MR) is 81.7 cm³/mol. The third-order valence-electron chi connectivity index (χ3n) is 4.00. The largest absolute Gasteiger partial charge is 0.474 e. The lowest BCUT2D eigenvalue weighted by Crippen LogP contribution is -2.43. The summed E-state index contributed by atoms with van der Waals surface area (Å²) in [5.41, 5.74) is -0.807. The predicted octanol–water partition coefficient (Wildman–Crippen LogP) is 2.37. The second-order valence-electron chi connectivity index (χ2n) is 5.78. The maximum Gasteiger partial charge on any atom is 0.417 e. The average Bonchev–Trinajstić information content (AvgIpc) is 3.08. The average molecular weight is 354 g/mol. The number of hydrogen-bond donors (Lipinski definition) is 0. The van der Waals surface area contributed by atoms with Gasteiger partial charge in [0, 0.05) is 50.6 Å². The number of piperidine rings is 1. The van der Waals surface area contributed by atoms with Crippen LogP contribution in [-0.4, -0.2) is 44.8 Å². The first-order valence-corrected chi connectivity index (χ1v) is 7.87. The molecule has 3 heterocycles. The van der Waals surface area contributed by atoms with Crippen molar-refractivity contribution in [3.63, 3.8) is 0 Å². The van der Waals surface area contributed by atoms with Crippen molar-refractivity contribution < 1.29 is 22.7 Å². The number of carbonyl (C=O) groups excluding carboxylic acids is 1. The minimum Gasteiger partial charge on any atom is -0.474 e. The topological polar surface area (TPSA) is 60.2 Å². The molecule has 3 rings (SSSR count). The summed E-state index contributed by atoms with van der Waals surface area (Å²) >= 11 is 0. The first kappa shape index (κ1) is 17.2. The zero-order chi connectivity index (χ0) is 17.9. The molecular weight excluding hydrogens is 337 g/mol. The molecule has 1 aliphatic rings. The van der Waals surface area contributed by atoms with Crippen molar-refractivity contribution in [3.05, 3.63) is 42.4 Å². The number of pyridine rings is 1. The highest BCUT2D eigenvalue weighted by molar-refractivity contribution is 5.76. The van der Waals surface area contributed by atoms with Crippen LogP contribution in [0, 0.1) is 0 Å². The molecule has 0 aromatic carbocycles. The Bertz CT molecular complexity index is 693. The number of amides is 1. The molecule has 2 aromatic heterocycles. The Balaban J connectivity index is 1.48. The lowest BCUT2D eigenvalue weighted by atomic mass is 10.1. The number of halogens is 3. The number of alkyl halides is 3. The van der Waals surface area contributed by atoms with E-state index in [9.17, 15) is 18.0 Å². The summed E-state index contributed by atoms with van der Waals surface area (Å²) in [5.74, 6) is 0.143. The summed E-state index contributed by atoms with van der Waals surface area (Å²) in [6.07, 6.45) is 0.734. The van der Waals surface area contributed by atoms with Crippen molar-refractivity contribution >= 4 is 5.91 Å². The number of aromatic nitrogens is 3. The van der Waals surface area contributed by atoms with Gasteiger partial charge in [0.1, 0.15) is 12.6 Å². The van der Waals surface area contributed by atoms with E-state index in [-0.39, 0.29) is 24.4 Å². The monoisotopic (exact) mass is 354 g/mol. The van der Waals surface area contributed by atoms with E-state index in [2.05, 4.69) is 10.1 Å². The number of rotatable bonds is 4. The minimum atomic E-state index is -4.41. The van der Waals surface area contributed by atoms with Gasteiger partial charge < -0.3 is 9.64 Å². The van der Waals surface area contributed by atoms with Gasteiger partial charge in [-0.25, -0.2) is 4.98 Å². The molecular formula is C16H17F3N4O2. The lowest BCUT2D eigenvalue weighted by molar-refractivity contribution is -0.137. The molecule has 1 saturated heterocycles. The Morgan fingerprint density at radius 2 is 2.04 bits per heavy atom. The van der Waals surface area contributed by atoms with Crippen molar-refractivity contribution in [2.45, 2.75) is 31.7 Å². The molecule has 9 heteroatoms. The molecule has 0 radical (unpaired) electrons. The molecule has 0 atom stereocenters. The quantitative estimate of drug-likeness (QED) is 0.846. The third-order valence-corrected chi connectivity index (χ3v) is 4.00. The second-order valence-corrected chi connectivity index (χ2v) is 5.78. The Labute approximate surface area is 142 Å². The number of likely N-dealkylation sites (tertiary alicyclic amines) is 1. The van der Waals surface area contributed by atoms with Gasteiger partial charge in [0.25, 0.3) is 0 Å². The molecule has 0 bridgehead atoms. The van der Waals surface area contributed by atoms with Crippen molar-refractivity contribution in [1.29, 1.82) is 0 Å². The zero-order valence-electron chi connectivity index (χ0n) is 13.3. The first-order valence-electron chi connectivity index (χ1n) is 7.87. The molecule has 1 amide bonds. The van der Waals surface area contributed by atoms with Gasteiger partial charge in [-0.2, -0.15) is 18.3 Å². The number of nitrogens with zero attached hydrogens (tertiary/aromatic N) is 4. The maximum absolute atomic E-state index is 12.5. The van der Waals surface area contributed by atoms with E-state index >= 15 is 0 Å². The Morgan fingerprint density at radius 1 is 1.28 bits per heavy atom. The SMILES string of the molecule is O=C(Cn1cccn1)N1CCC(Oc2ccc(C(F)(F)F)cn2)CC1. The van der Waals surface area contributed by atoms with Crippen molar-refractivity contribution in [1.82, 2.24) is 19.7 Å². The first-order chi connectivity index (χ1) is 11.9. The van der Waals surface area contributed by atoms with Gasteiger partial charge >= 0.3 is 6.18 Å². The van der Waals surface area contributed by atoms with Crippen LogP contribution in [0.2, 0.25) is 0 Å². The van der Waals surface area contributed by atoms with Crippen LogP contribution in [0.4, 0.5) is 13.2 Å². The molecule has 2 aromatic rings. The summed E-state index contributed by atoms with van der Waals surface area (Å²) in [4.78, 5) is 17.6. The van der Waals surface area contributed by atoms with Gasteiger partial charge in [-0.1, -0.05) is 0 Å². The summed E-state index contributed by atoms with van der Waals surface area (Å²) in [6.45, 7) is 1.26. The molecule has 1 fully saturated rings. The number of hydrogen-bond acceptors (Lipinski definition) is 4. The lowest BCUT2D eigenvalue weighted by Gasteiger charge is -2.32. The number of carbonyl (C=O) groups is 1. The molecule has 6 nitrogen and oxygen atoms in total. The van der Waals surface area contributed by atoms with Crippen LogP contribution >= 0.6 is 0 Å². The smallest absolute Gasteiger partial charge is 0.417 e. The normalized spacial score (nSPS) is 16.0. The number of ether oxygens (including phenoxy) is 1. The third kappa shape index (κ3) is 4.49. The van der Waals surface area contributed by atoms with E-state index in [4.69, 9.17) is 4.74 Å². The van der Waals surface area contributed by atoms with Crippen molar-refractivity contribution in [2.75, 3.05) is 13.1 Å². The fraction of sp³-hybridized carbons (Fsp3) is 0.438. The Morgan fingerprint density at radius 3 is 2.60 bits per heavy atom. The van der Waals surface area contributed by atoms with Crippen LogP contribution in [0.5, 0.6) is 5.88 Å². The highest BCUT2D eigenvalue weighted by Crippen LogP contribution is 2.29. The molecule has 0 N–H and O–H groups in total. The van der Waals surface area contributed by atoms with E-state index in [0.29, 0.717) is 25.9 Å². The van der Waals surface area contributed by atoms with Gasteiger partial charge in [0.15, 0.2) is 0 Å². The fourth-order valence-corrected chi connectivity index (χ4v) is 2.64. The molecule has 0 unspecified atom stereocenters. The Kier molecular flexibility index (Phi) is 4.91. The van der Waals surface area contributed by atoms with E-state index in [1.54, 1.807) is 28.0 Å². The fourth-order valence-electron chi connectivity index (χ4n) is 2.64. The minimum absolute atomic E-state index is 0.0187. The van der Waals surface area contributed by atoms with Crippen LogP contribution in [0.15, 0.2) is 36.8 Å². The van der Waals surface area contributed by atoms with Gasteiger partial charge in [-0.05, 0) is 12.1 Å². The van der Waals surface area contributed by atoms with Gasteiger partial charge in [0.2, 0.25) is 11.8 Å². The maximum atomic E-state index is 12.5. The summed E-state index contributed by atoms with van der Waals surface area (Å²) in [5, 5.41) is 4.00. The van der Waals surface area contributed by atoms with Crippen molar-refractivity contribution in [2.24, 2.45) is 0 Å². The van der Waals surface area contributed by atoms with Crippen LogP contribution in [0.3, 0.4) is 0 Å². The summed E-state index contributed by atoms with van der Waals surface area (Å²) in [7, 11) is 0. The molecule has 25 heavy (non-hydrogen) atoms. The summed E-state index contributed by atoms with van der Waals surface area (Å²) in [6, 6.07) is 3.92. The van der Waals surface area contributed by atoms with E-state index < -0.39 is 11.7 Å². The van der Waals surface area contributed by atoms with E-state index in [0.717, 1.165) is 12.3 Å². The van der Waals surface area contributed by atoms with Crippen LogP contribution in [-0.2, 0) is 17.5 Å². The zero-order valence-corrected chi connectivity index (χ0v) is 13.3. The molecule has 0 spiro atoms. The van der Waals surface area contributed by atoms with Crippen LogP contribution in [0.25, 0.3) is 0 Å². The van der Waals surface area contributed by atoms with Gasteiger partial charge in [0.05, 0.1) is 5.56 Å².